The minimum absolute atomic E-state index is 0.0367. The number of hydrogen-bond acceptors (Lipinski definition) is 3. The van der Waals surface area contributed by atoms with Crippen molar-refractivity contribution in [3.63, 3.8) is 0 Å². The fraction of sp³-hybridized carbons (Fsp3) is 0.593. The first-order valence-electron chi connectivity index (χ1n) is 12.4. The van der Waals surface area contributed by atoms with Gasteiger partial charge in [-0.05, 0) is 72.9 Å². The number of carboxylic acid groups (broad SMARTS) is 1. The Morgan fingerprint density at radius 1 is 1.05 bits per heavy atom. The van der Waals surface area contributed by atoms with E-state index in [4.69, 9.17) is 4.74 Å². The first kappa shape index (κ1) is 27.5. The third-order valence-corrected chi connectivity index (χ3v) is 8.24. The lowest BCUT2D eigenvalue weighted by atomic mass is 9.58. The molecule has 4 rings (SSSR count). The van der Waals surface area contributed by atoms with Crippen molar-refractivity contribution in [1.82, 2.24) is 5.32 Å². The number of halogens is 6. The molecule has 2 aliphatic rings. The van der Waals surface area contributed by atoms with E-state index >= 15 is 0 Å². The number of carbonyl (C=O) groups is 1. The van der Waals surface area contributed by atoms with Gasteiger partial charge in [0.25, 0.3) is 0 Å². The van der Waals surface area contributed by atoms with E-state index in [9.17, 15) is 36.2 Å². The van der Waals surface area contributed by atoms with Crippen LogP contribution in [0.3, 0.4) is 0 Å². The predicted octanol–water partition coefficient (Wildman–Crippen LogP) is 7.51. The maximum Gasteiger partial charge on any atom is 0.420 e. The molecule has 0 bridgehead atoms. The molecule has 2 fully saturated rings. The lowest BCUT2D eigenvalue weighted by molar-refractivity contribution is -0.185. The molecule has 0 spiro atoms. The van der Waals surface area contributed by atoms with Crippen LogP contribution in [-0.2, 0) is 11.0 Å². The lowest BCUT2D eigenvalue weighted by Gasteiger charge is -2.51. The van der Waals surface area contributed by atoms with Crippen molar-refractivity contribution in [2.24, 2.45) is 17.3 Å². The molecular formula is C27H31F6NO3. The Labute approximate surface area is 211 Å². The second kappa shape index (κ2) is 9.67. The van der Waals surface area contributed by atoms with E-state index in [0.29, 0.717) is 17.4 Å². The second-order valence-electron chi connectivity index (χ2n) is 10.9. The van der Waals surface area contributed by atoms with Crippen LogP contribution in [0, 0.1) is 17.3 Å². The average molecular weight is 532 g/mol. The zero-order valence-corrected chi connectivity index (χ0v) is 20.8. The quantitative estimate of drug-likeness (QED) is 0.379. The zero-order valence-electron chi connectivity index (χ0n) is 20.8. The van der Waals surface area contributed by atoms with Crippen LogP contribution in [0.4, 0.5) is 26.3 Å². The highest BCUT2D eigenvalue weighted by Crippen LogP contribution is 2.48. The molecule has 1 unspecified atom stereocenters. The maximum atomic E-state index is 14.3. The Kier molecular flexibility index (Phi) is 7.20. The minimum Gasteiger partial charge on any atom is -0.490 e. The molecule has 2 aromatic rings. The molecule has 10 heteroatoms. The van der Waals surface area contributed by atoms with Crippen LogP contribution in [-0.4, -0.2) is 29.4 Å². The van der Waals surface area contributed by atoms with Crippen LogP contribution < -0.4 is 10.1 Å². The van der Waals surface area contributed by atoms with Crippen LogP contribution in [0.15, 0.2) is 30.3 Å². The van der Waals surface area contributed by atoms with Crippen LogP contribution in [0.25, 0.3) is 10.8 Å². The van der Waals surface area contributed by atoms with Gasteiger partial charge in [0.15, 0.2) is 0 Å². The van der Waals surface area contributed by atoms with E-state index in [-0.39, 0.29) is 48.9 Å². The van der Waals surface area contributed by atoms with Crippen LogP contribution >= 0.6 is 0 Å². The molecule has 2 aromatic carbocycles. The van der Waals surface area contributed by atoms with Gasteiger partial charge >= 0.3 is 18.3 Å². The van der Waals surface area contributed by atoms with Crippen molar-refractivity contribution in [1.29, 1.82) is 0 Å². The second-order valence-corrected chi connectivity index (χ2v) is 10.9. The Morgan fingerprint density at radius 3 is 2.22 bits per heavy atom. The Balaban J connectivity index is 1.58. The van der Waals surface area contributed by atoms with Gasteiger partial charge in [-0.2, -0.15) is 26.3 Å². The topological polar surface area (TPSA) is 58.6 Å². The Bertz CT molecular complexity index is 1150. The third-order valence-electron chi connectivity index (χ3n) is 8.24. The third kappa shape index (κ3) is 5.54. The van der Waals surface area contributed by atoms with E-state index in [1.54, 1.807) is 12.1 Å². The summed E-state index contributed by atoms with van der Waals surface area (Å²) in [6, 6.07) is 7.11. The number of carboxylic acids is 1. The molecule has 204 valence electrons. The number of aliphatic carboxylic acids is 1. The minimum atomic E-state index is -4.74. The first-order valence-corrected chi connectivity index (χ1v) is 12.4. The SMILES string of the molecule is CC(N[C@H]1C[C@@H](C(=O)O)C1(C)C)c1ccc2ccc(O[C@H]3CC[C@@H](C(F)(F)F)CC3)c(C(F)(F)F)c2c1. The number of rotatable bonds is 6. The van der Waals surface area contributed by atoms with Gasteiger partial charge in [-0.3, -0.25) is 4.79 Å². The number of fused-ring (bicyclic) bond motifs is 1. The van der Waals surface area contributed by atoms with Crippen LogP contribution in [0.1, 0.15) is 70.0 Å². The number of nitrogens with one attached hydrogen (secondary N) is 1. The van der Waals surface area contributed by atoms with Crippen LogP contribution in [0.2, 0.25) is 0 Å². The van der Waals surface area contributed by atoms with Gasteiger partial charge in [-0.1, -0.05) is 32.0 Å². The standard InChI is InChI=1S/C27H31F6NO3/c1-14(34-22-13-20(24(35)36)25(22,2)3)16-5-4-15-6-11-21(23(19(15)12-16)27(31,32)33)37-18-9-7-17(8-10-18)26(28,29)30/h4-6,11-12,14,17-18,20,22,34H,7-10,13H2,1-3H3,(H,35,36)/t14?,17-,18+,20-,22-/m0/s1. The van der Waals surface area contributed by atoms with Gasteiger partial charge in [-0.25, -0.2) is 0 Å². The predicted molar refractivity (Wildman–Crippen MR) is 126 cm³/mol. The van der Waals surface area contributed by atoms with Crippen molar-refractivity contribution in [3.05, 3.63) is 41.5 Å². The van der Waals surface area contributed by atoms with Gasteiger partial charge in [-0.15, -0.1) is 0 Å². The summed E-state index contributed by atoms with van der Waals surface area (Å²) in [6.45, 7) is 5.53. The fourth-order valence-electron chi connectivity index (χ4n) is 5.69. The van der Waals surface area contributed by atoms with Gasteiger partial charge in [0, 0.05) is 12.1 Å². The van der Waals surface area contributed by atoms with Crippen molar-refractivity contribution in [2.45, 2.75) is 83.4 Å². The lowest BCUT2D eigenvalue weighted by Crippen LogP contribution is -2.59. The number of hydrogen-bond donors (Lipinski definition) is 2. The first-order chi connectivity index (χ1) is 17.1. The van der Waals surface area contributed by atoms with Crippen molar-refractivity contribution >= 4 is 16.7 Å². The van der Waals surface area contributed by atoms with Crippen LogP contribution in [0.5, 0.6) is 5.75 Å². The Morgan fingerprint density at radius 2 is 1.68 bits per heavy atom. The smallest absolute Gasteiger partial charge is 0.420 e. The summed E-state index contributed by atoms with van der Waals surface area (Å²) in [6.07, 6.45) is -9.60. The number of ether oxygens (including phenoxy) is 1. The maximum absolute atomic E-state index is 14.3. The highest BCUT2D eigenvalue weighted by molar-refractivity contribution is 5.89. The molecule has 2 N–H and O–H groups in total. The molecule has 4 nitrogen and oxygen atoms in total. The van der Waals surface area contributed by atoms with E-state index in [1.807, 2.05) is 20.8 Å². The molecule has 2 aliphatic carbocycles. The Hall–Kier alpha value is -2.49. The van der Waals surface area contributed by atoms with Crippen molar-refractivity contribution in [3.8, 4) is 5.75 Å². The molecule has 0 saturated heterocycles. The molecule has 0 heterocycles. The normalized spacial score (nSPS) is 26.9. The van der Waals surface area contributed by atoms with Gasteiger partial charge in [0.2, 0.25) is 0 Å². The summed E-state index contributed by atoms with van der Waals surface area (Å²) in [7, 11) is 0. The average Bonchev–Trinajstić information content (AvgIpc) is 2.79. The van der Waals surface area contributed by atoms with Gasteiger partial charge in [0.05, 0.1) is 17.9 Å². The highest BCUT2D eigenvalue weighted by atomic mass is 19.4. The van der Waals surface area contributed by atoms with Crippen molar-refractivity contribution < 1.29 is 41.0 Å². The molecule has 3 atom stereocenters. The van der Waals surface area contributed by atoms with Gasteiger partial charge in [0.1, 0.15) is 11.3 Å². The molecule has 0 amide bonds. The van der Waals surface area contributed by atoms with Gasteiger partial charge < -0.3 is 15.2 Å². The number of alkyl halides is 6. The largest absolute Gasteiger partial charge is 0.490 e. The zero-order chi connectivity index (χ0) is 27.3. The van der Waals surface area contributed by atoms with E-state index in [2.05, 4.69) is 5.32 Å². The molecule has 0 aliphatic heterocycles. The van der Waals surface area contributed by atoms with Crippen molar-refractivity contribution in [2.75, 3.05) is 0 Å². The molecule has 2 saturated carbocycles. The monoisotopic (exact) mass is 531 g/mol. The molecule has 0 aromatic heterocycles. The van der Waals surface area contributed by atoms with E-state index < -0.39 is 47.2 Å². The van der Waals surface area contributed by atoms with E-state index in [0.717, 1.165) is 0 Å². The fourth-order valence-corrected chi connectivity index (χ4v) is 5.69. The summed E-state index contributed by atoms with van der Waals surface area (Å²) in [5.41, 5.74) is -0.831. The highest BCUT2D eigenvalue weighted by Gasteiger charge is 2.52. The summed E-state index contributed by atoms with van der Waals surface area (Å²) >= 11 is 0. The molecular weight excluding hydrogens is 500 g/mol. The summed E-state index contributed by atoms with van der Waals surface area (Å²) in [5, 5.41) is 13.0. The van der Waals surface area contributed by atoms with E-state index in [1.165, 1.54) is 18.2 Å². The summed E-state index contributed by atoms with van der Waals surface area (Å²) < 4.78 is 87.4. The summed E-state index contributed by atoms with van der Waals surface area (Å²) in [4.78, 5) is 11.4. The summed E-state index contributed by atoms with van der Waals surface area (Å²) in [5.74, 6) is -3.18. The number of benzene rings is 2. The molecule has 37 heavy (non-hydrogen) atoms. The molecule has 0 radical (unpaired) electrons.